The molecule has 1 heterocycles. The normalized spacial score (nSPS) is 21.5. The van der Waals surface area contributed by atoms with Crippen LogP contribution in [-0.2, 0) is 27.5 Å². The van der Waals surface area contributed by atoms with Crippen molar-refractivity contribution in [2.24, 2.45) is 0 Å². The highest BCUT2D eigenvalue weighted by Crippen LogP contribution is 2.32. The van der Waals surface area contributed by atoms with Crippen LogP contribution in [0.5, 0.6) is 0 Å². The van der Waals surface area contributed by atoms with E-state index in [1.54, 1.807) is 0 Å². The first-order valence-corrected chi connectivity index (χ1v) is 9.76. The van der Waals surface area contributed by atoms with Crippen LogP contribution in [-0.4, -0.2) is 23.3 Å². The molecule has 0 spiro atoms. The maximum atomic E-state index is 12.5. The number of hydrogen-bond acceptors (Lipinski definition) is 4. The summed E-state index contributed by atoms with van der Waals surface area (Å²) >= 11 is 0. The lowest BCUT2D eigenvalue weighted by Crippen LogP contribution is -2.33. The minimum absolute atomic E-state index is 0.0237. The monoisotopic (exact) mass is 379 g/mol. The Morgan fingerprint density at radius 3 is 2.46 bits per heavy atom. The molecular weight excluding hydrogens is 354 g/mol. The first-order valence-electron chi connectivity index (χ1n) is 9.76. The van der Waals surface area contributed by atoms with Gasteiger partial charge in [-0.25, -0.2) is 0 Å². The summed E-state index contributed by atoms with van der Waals surface area (Å²) < 4.78 is 11.9. The molecule has 1 amide bonds. The molecule has 4 rings (SSSR count). The fourth-order valence-electron chi connectivity index (χ4n) is 3.27. The lowest BCUT2D eigenvalue weighted by atomic mass is 9.93. The summed E-state index contributed by atoms with van der Waals surface area (Å²) in [6.07, 6.45) is 4.13. The topological polar surface area (TPSA) is 67.8 Å². The summed E-state index contributed by atoms with van der Waals surface area (Å²) in [5, 5.41) is 12.1. The number of aliphatic hydroxyl groups is 1. The van der Waals surface area contributed by atoms with Crippen LogP contribution in [0.25, 0.3) is 0 Å². The Hall–Kier alpha value is -2.63. The Labute approximate surface area is 165 Å². The lowest BCUT2D eigenvalue weighted by Gasteiger charge is -2.29. The lowest BCUT2D eigenvalue weighted by molar-refractivity contribution is -0.150. The third kappa shape index (κ3) is 4.80. The van der Waals surface area contributed by atoms with Crippen molar-refractivity contribution in [3.63, 3.8) is 0 Å². The van der Waals surface area contributed by atoms with Gasteiger partial charge in [0, 0.05) is 18.4 Å². The second kappa shape index (κ2) is 8.59. The fourth-order valence-corrected chi connectivity index (χ4v) is 3.27. The van der Waals surface area contributed by atoms with Crippen molar-refractivity contribution in [1.82, 2.24) is 5.32 Å². The molecule has 0 saturated heterocycles. The summed E-state index contributed by atoms with van der Waals surface area (Å²) in [5.74, 6) is 0.244. The molecule has 0 unspecified atom stereocenters. The second-order valence-corrected chi connectivity index (χ2v) is 7.36. The predicted octanol–water partition coefficient (Wildman–Crippen LogP) is 3.39. The molecule has 2 aromatic rings. The standard InChI is InChI=1S/C23H25NO4/c25-14-16-6-8-17(9-7-16)15-27-22-13-19(18-4-2-1-3-5-18)12-21(28-22)23(26)24-20-10-11-20/h1-9,12,19-20,22,25H,10-11,13-15H2,(H,24,26)/t19-,22+/m1/s1. The van der Waals surface area contributed by atoms with Crippen molar-refractivity contribution in [2.45, 2.75) is 50.7 Å². The molecule has 2 atom stereocenters. The first-order chi connectivity index (χ1) is 13.7. The minimum atomic E-state index is -0.493. The highest BCUT2D eigenvalue weighted by atomic mass is 16.7. The number of aliphatic hydroxyl groups excluding tert-OH is 1. The van der Waals surface area contributed by atoms with E-state index in [0.717, 1.165) is 29.5 Å². The summed E-state index contributed by atoms with van der Waals surface area (Å²) in [6.45, 7) is 0.408. The Morgan fingerprint density at radius 2 is 1.79 bits per heavy atom. The van der Waals surface area contributed by atoms with E-state index in [1.807, 2.05) is 48.5 Å². The zero-order valence-corrected chi connectivity index (χ0v) is 15.7. The van der Waals surface area contributed by atoms with Gasteiger partial charge in [-0.3, -0.25) is 4.79 Å². The highest BCUT2D eigenvalue weighted by Gasteiger charge is 2.31. The molecule has 1 aliphatic carbocycles. The molecule has 1 saturated carbocycles. The Bertz CT molecular complexity index is 827. The third-order valence-corrected chi connectivity index (χ3v) is 5.06. The Balaban J connectivity index is 1.45. The van der Waals surface area contributed by atoms with Gasteiger partial charge in [-0.15, -0.1) is 0 Å². The van der Waals surface area contributed by atoms with Gasteiger partial charge in [0.2, 0.25) is 6.29 Å². The number of nitrogens with one attached hydrogen (secondary N) is 1. The Kier molecular flexibility index (Phi) is 5.74. The van der Waals surface area contributed by atoms with Crippen molar-refractivity contribution in [2.75, 3.05) is 0 Å². The quantitative estimate of drug-likeness (QED) is 0.774. The minimum Gasteiger partial charge on any atom is -0.459 e. The predicted molar refractivity (Wildman–Crippen MR) is 105 cm³/mol. The van der Waals surface area contributed by atoms with Crippen LogP contribution in [0.15, 0.2) is 66.4 Å². The van der Waals surface area contributed by atoms with Gasteiger partial charge < -0.3 is 19.9 Å². The van der Waals surface area contributed by atoms with Gasteiger partial charge in [0.1, 0.15) is 0 Å². The van der Waals surface area contributed by atoms with Gasteiger partial charge in [-0.05, 0) is 35.6 Å². The fraction of sp³-hybridized carbons (Fsp3) is 0.348. The van der Waals surface area contributed by atoms with Crippen LogP contribution < -0.4 is 5.32 Å². The van der Waals surface area contributed by atoms with Gasteiger partial charge in [0.05, 0.1) is 13.2 Å². The zero-order chi connectivity index (χ0) is 19.3. The van der Waals surface area contributed by atoms with Crippen molar-refractivity contribution < 1.29 is 19.4 Å². The van der Waals surface area contributed by atoms with E-state index in [1.165, 1.54) is 0 Å². The highest BCUT2D eigenvalue weighted by molar-refractivity contribution is 5.92. The molecule has 5 heteroatoms. The van der Waals surface area contributed by atoms with Gasteiger partial charge >= 0.3 is 0 Å². The van der Waals surface area contributed by atoms with E-state index < -0.39 is 6.29 Å². The third-order valence-electron chi connectivity index (χ3n) is 5.06. The van der Waals surface area contributed by atoms with E-state index in [2.05, 4.69) is 17.4 Å². The maximum Gasteiger partial charge on any atom is 0.286 e. The molecule has 0 radical (unpaired) electrons. The number of rotatable bonds is 7. The first kappa shape index (κ1) is 18.7. The van der Waals surface area contributed by atoms with Crippen molar-refractivity contribution in [1.29, 1.82) is 0 Å². The van der Waals surface area contributed by atoms with E-state index in [0.29, 0.717) is 18.8 Å². The van der Waals surface area contributed by atoms with E-state index in [4.69, 9.17) is 14.6 Å². The number of carbonyl (C=O) groups excluding carboxylic acids is 1. The number of allylic oxidation sites excluding steroid dienone is 1. The van der Waals surface area contributed by atoms with Crippen LogP contribution in [0.4, 0.5) is 0 Å². The molecule has 28 heavy (non-hydrogen) atoms. The number of benzene rings is 2. The summed E-state index contributed by atoms with van der Waals surface area (Å²) in [6, 6.07) is 18.0. The average molecular weight is 379 g/mol. The number of amides is 1. The molecule has 0 aromatic heterocycles. The molecule has 0 bridgehead atoms. The summed E-state index contributed by atoms with van der Waals surface area (Å²) in [7, 11) is 0. The molecule has 1 aliphatic heterocycles. The number of carbonyl (C=O) groups is 1. The molecular formula is C23H25NO4. The number of hydrogen-bond donors (Lipinski definition) is 2. The number of ether oxygens (including phenoxy) is 2. The van der Waals surface area contributed by atoms with Crippen LogP contribution in [0.1, 0.15) is 41.9 Å². The average Bonchev–Trinajstić information content (AvgIpc) is 3.57. The van der Waals surface area contributed by atoms with Crippen molar-refractivity contribution >= 4 is 5.91 Å². The second-order valence-electron chi connectivity index (χ2n) is 7.36. The summed E-state index contributed by atoms with van der Waals surface area (Å²) in [5.41, 5.74) is 3.00. The molecule has 2 N–H and O–H groups in total. The van der Waals surface area contributed by atoms with Crippen LogP contribution in [0.3, 0.4) is 0 Å². The SMILES string of the molecule is O=C(NC1CC1)C1=C[C@@H](c2ccccc2)C[C@@H](OCc2ccc(CO)cc2)O1. The van der Waals surface area contributed by atoms with E-state index in [9.17, 15) is 4.79 Å². The van der Waals surface area contributed by atoms with Crippen LogP contribution >= 0.6 is 0 Å². The molecule has 1 fully saturated rings. The van der Waals surface area contributed by atoms with Crippen LogP contribution in [0, 0.1) is 0 Å². The summed E-state index contributed by atoms with van der Waals surface area (Å²) in [4.78, 5) is 12.5. The van der Waals surface area contributed by atoms with Gasteiger partial charge in [0.25, 0.3) is 5.91 Å². The molecule has 146 valence electrons. The zero-order valence-electron chi connectivity index (χ0n) is 15.7. The largest absolute Gasteiger partial charge is 0.459 e. The maximum absolute atomic E-state index is 12.5. The van der Waals surface area contributed by atoms with Gasteiger partial charge in [-0.2, -0.15) is 0 Å². The van der Waals surface area contributed by atoms with Gasteiger partial charge in [-0.1, -0.05) is 54.6 Å². The van der Waals surface area contributed by atoms with E-state index >= 15 is 0 Å². The molecule has 2 aromatic carbocycles. The van der Waals surface area contributed by atoms with Crippen molar-refractivity contribution in [3.8, 4) is 0 Å². The molecule has 2 aliphatic rings. The van der Waals surface area contributed by atoms with Crippen molar-refractivity contribution in [3.05, 3.63) is 83.1 Å². The van der Waals surface area contributed by atoms with E-state index in [-0.39, 0.29) is 24.5 Å². The Morgan fingerprint density at radius 1 is 1.07 bits per heavy atom. The van der Waals surface area contributed by atoms with Crippen LogP contribution in [0.2, 0.25) is 0 Å². The molecule has 5 nitrogen and oxygen atoms in total. The smallest absolute Gasteiger partial charge is 0.286 e. The van der Waals surface area contributed by atoms with Gasteiger partial charge in [0.15, 0.2) is 5.76 Å².